The predicted octanol–water partition coefficient (Wildman–Crippen LogP) is -2.00. The van der Waals surface area contributed by atoms with Gasteiger partial charge in [-0.25, -0.2) is 13.7 Å². The van der Waals surface area contributed by atoms with Crippen LogP contribution in [-0.2, 0) is 31.6 Å². The minimum absolute atomic E-state index is 0.847. The summed E-state index contributed by atoms with van der Waals surface area (Å²) in [6.07, 6.45) is -5.14. The van der Waals surface area contributed by atoms with Gasteiger partial charge < -0.3 is 34.5 Å². The van der Waals surface area contributed by atoms with E-state index < -0.39 is 54.6 Å². The first-order valence-electron chi connectivity index (χ1n) is 5.73. The van der Waals surface area contributed by atoms with Gasteiger partial charge in [-0.05, 0) is 7.05 Å². The minimum atomic E-state index is -5.61. The number of phosphoric ester groups is 1. The second-order valence-corrected chi connectivity index (χ2v) is 8.67. The topological polar surface area (TPSA) is 222 Å². The van der Waals surface area contributed by atoms with Crippen LogP contribution < -0.4 is 5.32 Å². The molecule has 0 aromatic carbocycles. The number of hydrogen-bond donors (Lipinski definition) is 7. The molecule has 7 N–H and O–H groups in total. The average molecular weight is 403 g/mol. The van der Waals surface area contributed by atoms with Gasteiger partial charge in [0.25, 0.3) is 0 Å². The van der Waals surface area contributed by atoms with Crippen LogP contribution in [-0.4, -0.2) is 68.0 Å². The molecule has 23 heavy (non-hydrogen) atoms. The van der Waals surface area contributed by atoms with E-state index >= 15 is 0 Å². The Balaban J connectivity index is 2.61. The lowest BCUT2D eigenvalue weighted by atomic mass is 10.1. The summed E-state index contributed by atoms with van der Waals surface area (Å²) in [5.74, 6) is 0. The van der Waals surface area contributed by atoms with Crippen LogP contribution in [0.4, 0.5) is 0 Å². The predicted molar refractivity (Wildman–Crippen MR) is 69.6 cm³/mol. The minimum Gasteiger partial charge on any atom is -0.387 e. The molecular formula is C6H16NO13P3. The Morgan fingerprint density at radius 2 is 1.57 bits per heavy atom. The molecule has 6 atom stereocenters. The van der Waals surface area contributed by atoms with E-state index in [9.17, 15) is 28.8 Å². The van der Waals surface area contributed by atoms with Crippen molar-refractivity contribution in [2.75, 3.05) is 13.7 Å². The Morgan fingerprint density at radius 3 is 2.00 bits per heavy atom. The van der Waals surface area contributed by atoms with Crippen molar-refractivity contribution in [2.45, 2.75) is 24.5 Å². The van der Waals surface area contributed by atoms with Crippen molar-refractivity contribution in [2.24, 2.45) is 0 Å². The average Bonchev–Trinajstić information content (AvgIpc) is 2.59. The third kappa shape index (κ3) is 6.94. The molecule has 17 heteroatoms. The number of nitrogens with one attached hydrogen (secondary N) is 1. The second kappa shape index (κ2) is 7.65. The van der Waals surface area contributed by atoms with Crippen molar-refractivity contribution in [3.05, 3.63) is 0 Å². The monoisotopic (exact) mass is 403 g/mol. The van der Waals surface area contributed by atoms with Crippen LogP contribution in [0.5, 0.6) is 0 Å². The molecule has 1 saturated heterocycles. The van der Waals surface area contributed by atoms with E-state index in [4.69, 9.17) is 19.4 Å². The maximum Gasteiger partial charge on any atom is 0.490 e. The van der Waals surface area contributed by atoms with Crippen LogP contribution in [0.25, 0.3) is 0 Å². The van der Waals surface area contributed by atoms with Gasteiger partial charge in [-0.3, -0.25) is 9.84 Å². The molecule has 0 aliphatic carbocycles. The fourth-order valence-electron chi connectivity index (χ4n) is 1.60. The first-order valence-corrected chi connectivity index (χ1v) is 10.3. The highest BCUT2D eigenvalue weighted by atomic mass is 31.3. The lowest BCUT2D eigenvalue weighted by Gasteiger charge is -2.19. The fraction of sp³-hybridized carbons (Fsp3) is 1.00. The molecule has 0 aromatic rings. The van der Waals surface area contributed by atoms with E-state index in [1.165, 1.54) is 7.05 Å². The highest BCUT2D eigenvalue weighted by Crippen LogP contribution is 2.66. The normalized spacial score (nSPS) is 34.0. The Morgan fingerprint density at radius 1 is 1.00 bits per heavy atom. The third-order valence-corrected chi connectivity index (χ3v) is 6.27. The number of likely N-dealkylation sites (N-methyl/N-ethyl adjacent to an activating group) is 1. The summed E-state index contributed by atoms with van der Waals surface area (Å²) in [5, 5.41) is 21.6. The van der Waals surface area contributed by atoms with Gasteiger partial charge in [-0.1, -0.05) is 0 Å². The zero-order chi connectivity index (χ0) is 18.1. The van der Waals surface area contributed by atoms with Gasteiger partial charge in [0.1, 0.15) is 24.5 Å². The van der Waals surface area contributed by atoms with Gasteiger partial charge in [0, 0.05) is 0 Å². The maximum absolute atomic E-state index is 11.4. The molecule has 0 bridgehead atoms. The standard InChI is InChI=1S/C6H16NO13P3/c1-7-6-5(9)4(8)3(18-6)2-17-22(13,14)20-23(15,16)19-21(10,11)12/h3-9H,2H2,1H3,(H,13,14)(H,15,16)(H2,10,11,12)/t3-,4-,5-,6-/m1/s1. The van der Waals surface area contributed by atoms with Gasteiger partial charge in [-0.2, -0.15) is 8.62 Å². The van der Waals surface area contributed by atoms with Crippen molar-refractivity contribution in [3.63, 3.8) is 0 Å². The highest BCUT2D eigenvalue weighted by Gasteiger charge is 2.45. The molecule has 1 fully saturated rings. The summed E-state index contributed by atoms with van der Waals surface area (Å²) < 4.78 is 49.3. The third-order valence-electron chi connectivity index (χ3n) is 2.46. The van der Waals surface area contributed by atoms with Crippen molar-refractivity contribution >= 4 is 23.5 Å². The zero-order valence-electron chi connectivity index (χ0n) is 11.4. The van der Waals surface area contributed by atoms with Crippen molar-refractivity contribution < 1.29 is 61.4 Å². The Labute approximate surface area is 129 Å². The molecule has 0 saturated carbocycles. The summed E-state index contributed by atoms with van der Waals surface area (Å²) >= 11 is 0. The zero-order valence-corrected chi connectivity index (χ0v) is 14.1. The van der Waals surface area contributed by atoms with E-state index in [2.05, 4.69) is 18.5 Å². The molecule has 0 spiro atoms. The highest BCUT2D eigenvalue weighted by molar-refractivity contribution is 7.66. The number of aliphatic hydroxyl groups is 2. The summed E-state index contributed by atoms with van der Waals surface area (Å²) in [4.78, 5) is 34.8. The molecular weight excluding hydrogens is 387 g/mol. The molecule has 1 aliphatic rings. The Kier molecular flexibility index (Phi) is 7.08. The molecule has 0 radical (unpaired) electrons. The lowest BCUT2D eigenvalue weighted by molar-refractivity contribution is -0.0296. The van der Waals surface area contributed by atoms with Gasteiger partial charge in [0.05, 0.1) is 6.61 Å². The maximum atomic E-state index is 11.4. The van der Waals surface area contributed by atoms with Gasteiger partial charge in [0.2, 0.25) is 0 Å². The summed E-state index contributed by atoms with van der Waals surface area (Å²) in [6, 6.07) is 0. The number of phosphoric acid groups is 3. The van der Waals surface area contributed by atoms with E-state index in [1.54, 1.807) is 0 Å². The van der Waals surface area contributed by atoms with Gasteiger partial charge in [0.15, 0.2) is 0 Å². The molecule has 138 valence electrons. The van der Waals surface area contributed by atoms with Crippen LogP contribution >= 0.6 is 23.5 Å². The quantitative estimate of drug-likeness (QED) is 0.218. The SMILES string of the molecule is CN[C@@H]1O[C@H](COP(=O)(O)OP(=O)(O)OP(=O)(O)O)[C@@H](O)[C@H]1O. The Hall–Kier alpha value is 0.250. The molecule has 0 aromatic heterocycles. The molecule has 0 amide bonds. The molecule has 1 heterocycles. The lowest BCUT2D eigenvalue weighted by Crippen LogP contribution is -2.39. The first kappa shape index (κ1) is 21.3. The largest absolute Gasteiger partial charge is 0.490 e. The first-order chi connectivity index (χ1) is 10.3. The van der Waals surface area contributed by atoms with Crippen LogP contribution in [0.1, 0.15) is 0 Å². The van der Waals surface area contributed by atoms with Crippen molar-refractivity contribution in [1.29, 1.82) is 0 Å². The van der Waals surface area contributed by atoms with Crippen molar-refractivity contribution in [3.8, 4) is 0 Å². The van der Waals surface area contributed by atoms with Gasteiger partial charge >= 0.3 is 23.5 Å². The molecule has 2 unspecified atom stereocenters. The van der Waals surface area contributed by atoms with E-state index in [-0.39, 0.29) is 0 Å². The summed E-state index contributed by atoms with van der Waals surface area (Å²) in [5.41, 5.74) is 0. The second-order valence-electron chi connectivity index (χ2n) is 4.25. The number of rotatable bonds is 8. The number of hydrogen-bond acceptors (Lipinski definition) is 10. The fourth-order valence-corrected chi connectivity index (χ4v) is 4.63. The van der Waals surface area contributed by atoms with Crippen LogP contribution in [0.2, 0.25) is 0 Å². The number of aliphatic hydroxyl groups excluding tert-OH is 2. The van der Waals surface area contributed by atoms with Crippen LogP contribution in [0.15, 0.2) is 0 Å². The van der Waals surface area contributed by atoms with Crippen LogP contribution in [0.3, 0.4) is 0 Å². The summed E-state index contributed by atoms with van der Waals surface area (Å²) in [7, 11) is -15.0. The van der Waals surface area contributed by atoms with E-state index in [1.807, 2.05) is 0 Å². The van der Waals surface area contributed by atoms with E-state index in [0.717, 1.165) is 0 Å². The molecule has 1 aliphatic heterocycles. The smallest absolute Gasteiger partial charge is 0.387 e. The molecule has 14 nitrogen and oxygen atoms in total. The van der Waals surface area contributed by atoms with Crippen molar-refractivity contribution in [1.82, 2.24) is 5.32 Å². The Bertz CT molecular complexity index is 548. The summed E-state index contributed by atoms with van der Waals surface area (Å²) in [6.45, 7) is -0.847. The number of ether oxygens (including phenoxy) is 1. The van der Waals surface area contributed by atoms with E-state index in [0.29, 0.717) is 0 Å². The van der Waals surface area contributed by atoms with Crippen LogP contribution in [0, 0.1) is 0 Å². The van der Waals surface area contributed by atoms with Gasteiger partial charge in [-0.15, -0.1) is 0 Å². The molecule has 1 rings (SSSR count).